The number of hydrogen-bond donors (Lipinski definition) is 1. The molecular formula is C19H20N4OS2. The molecule has 0 radical (unpaired) electrons. The van der Waals surface area contributed by atoms with Crippen molar-refractivity contribution in [1.29, 1.82) is 0 Å². The van der Waals surface area contributed by atoms with Crippen LogP contribution in [-0.2, 0) is 6.54 Å². The zero-order valence-electron chi connectivity index (χ0n) is 14.3. The zero-order valence-corrected chi connectivity index (χ0v) is 15.9. The van der Waals surface area contributed by atoms with E-state index in [0.717, 1.165) is 36.2 Å². The van der Waals surface area contributed by atoms with Gasteiger partial charge in [0.15, 0.2) is 5.13 Å². The summed E-state index contributed by atoms with van der Waals surface area (Å²) in [4.78, 5) is 22.6. The molecule has 1 amide bonds. The van der Waals surface area contributed by atoms with Crippen molar-refractivity contribution in [1.82, 2.24) is 10.3 Å². The van der Waals surface area contributed by atoms with E-state index in [-0.39, 0.29) is 5.91 Å². The van der Waals surface area contributed by atoms with Gasteiger partial charge in [0.2, 0.25) is 0 Å². The molecule has 0 atom stereocenters. The number of piperazine rings is 1. The third kappa shape index (κ3) is 3.89. The predicted octanol–water partition coefficient (Wildman–Crippen LogP) is 3.46. The fraction of sp³-hybridized carbons (Fsp3) is 0.263. The number of amides is 1. The van der Waals surface area contributed by atoms with Gasteiger partial charge in [-0.25, -0.2) is 4.98 Å². The lowest BCUT2D eigenvalue weighted by atomic mass is 10.2. The minimum Gasteiger partial charge on any atom is -0.368 e. The number of anilines is 2. The molecule has 4 rings (SSSR count). The standard InChI is InChI=1S/C19H20N4OS2/c24-18(20-13-16-7-4-12-25-16)17-14-26-19(21-17)23-10-8-22(9-11-23)15-5-2-1-3-6-15/h1-7,12,14H,8-11,13H2,(H,20,24). The monoisotopic (exact) mass is 384 g/mol. The summed E-state index contributed by atoms with van der Waals surface area (Å²) in [6, 6.07) is 14.5. The van der Waals surface area contributed by atoms with Crippen molar-refractivity contribution in [3.8, 4) is 0 Å². The van der Waals surface area contributed by atoms with E-state index in [1.807, 2.05) is 29.0 Å². The molecular weight excluding hydrogens is 364 g/mol. The zero-order chi connectivity index (χ0) is 17.8. The predicted molar refractivity (Wildman–Crippen MR) is 108 cm³/mol. The molecule has 0 saturated carbocycles. The van der Waals surface area contributed by atoms with Crippen LogP contribution in [0.2, 0.25) is 0 Å². The molecule has 26 heavy (non-hydrogen) atoms. The summed E-state index contributed by atoms with van der Waals surface area (Å²) in [6.45, 7) is 4.31. The van der Waals surface area contributed by atoms with Crippen molar-refractivity contribution in [2.75, 3.05) is 36.0 Å². The maximum Gasteiger partial charge on any atom is 0.271 e. The van der Waals surface area contributed by atoms with Crippen molar-refractivity contribution in [2.24, 2.45) is 0 Å². The van der Waals surface area contributed by atoms with Crippen LogP contribution >= 0.6 is 22.7 Å². The van der Waals surface area contributed by atoms with E-state index in [1.165, 1.54) is 5.69 Å². The second kappa shape index (κ2) is 7.88. The number of nitrogens with one attached hydrogen (secondary N) is 1. The SMILES string of the molecule is O=C(NCc1cccs1)c1csc(N2CCN(c3ccccc3)CC2)n1. The summed E-state index contributed by atoms with van der Waals surface area (Å²) < 4.78 is 0. The fourth-order valence-corrected chi connectivity index (χ4v) is 4.48. The number of thiazole rings is 1. The Bertz CT molecular complexity index is 840. The molecule has 2 aromatic heterocycles. The molecule has 7 heteroatoms. The first-order chi connectivity index (χ1) is 12.8. The van der Waals surface area contributed by atoms with Crippen LogP contribution in [0.4, 0.5) is 10.8 Å². The molecule has 1 aliphatic heterocycles. The van der Waals surface area contributed by atoms with Gasteiger partial charge in [-0.3, -0.25) is 4.79 Å². The van der Waals surface area contributed by atoms with Gasteiger partial charge in [0.05, 0.1) is 6.54 Å². The fourth-order valence-electron chi connectivity index (χ4n) is 2.98. The van der Waals surface area contributed by atoms with Crippen molar-refractivity contribution in [3.05, 3.63) is 63.8 Å². The van der Waals surface area contributed by atoms with E-state index in [4.69, 9.17) is 0 Å². The Morgan fingerprint density at radius 2 is 1.77 bits per heavy atom. The second-order valence-corrected chi connectivity index (χ2v) is 7.96. The average Bonchev–Trinajstić information content (AvgIpc) is 3.39. The Morgan fingerprint density at radius 3 is 2.50 bits per heavy atom. The van der Waals surface area contributed by atoms with Gasteiger partial charge >= 0.3 is 0 Å². The summed E-state index contributed by atoms with van der Waals surface area (Å²) in [6.07, 6.45) is 0. The molecule has 134 valence electrons. The number of nitrogens with zero attached hydrogens (tertiary/aromatic N) is 3. The molecule has 0 spiro atoms. The molecule has 0 bridgehead atoms. The third-order valence-corrected chi connectivity index (χ3v) is 6.18. The molecule has 1 saturated heterocycles. The number of carbonyl (C=O) groups is 1. The maximum absolute atomic E-state index is 12.3. The highest BCUT2D eigenvalue weighted by atomic mass is 32.1. The van der Waals surface area contributed by atoms with Gasteiger partial charge in [-0.2, -0.15) is 0 Å². The summed E-state index contributed by atoms with van der Waals surface area (Å²) in [7, 11) is 0. The summed E-state index contributed by atoms with van der Waals surface area (Å²) in [5, 5.41) is 7.73. The lowest BCUT2D eigenvalue weighted by Crippen LogP contribution is -2.46. The van der Waals surface area contributed by atoms with Gasteiger partial charge in [-0.15, -0.1) is 22.7 Å². The number of hydrogen-bond acceptors (Lipinski definition) is 6. The lowest BCUT2D eigenvalue weighted by Gasteiger charge is -2.35. The molecule has 1 N–H and O–H groups in total. The molecule has 1 aromatic carbocycles. The van der Waals surface area contributed by atoms with Crippen molar-refractivity contribution in [3.63, 3.8) is 0 Å². The second-order valence-electron chi connectivity index (χ2n) is 6.09. The van der Waals surface area contributed by atoms with Crippen molar-refractivity contribution >= 4 is 39.4 Å². The van der Waals surface area contributed by atoms with Crippen LogP contribution in [0, 0.1) is 0 Å². The highest BCUT2D eigenvalue weighted by Crippen LogP contribution is 2.24. The number of benzene rings is 1. The first-order valence-corrected chi connectivity index (χ1v) is 10.4. The number of aromatic nitrogens is 1. The Kier molecular flexibility index (Phi) is 5.17. The molecule has 5 nitrogen and oxygen atoms in total. The number of carbonyl (C=O) groups excluding carboxylic acids is 1. The highest BCUT2D eigenvalue weighted by Gasteiger charge is 2.21. The van der Waals surface area contributed by atoms with E-state index < -0.39 is 0 Å². The Labute approximate surface area is 160 Å². The number of rotatable bonds is 5. The summed E-state index contributed by atoms with van der Waals surface area (Å²) >= 11 is 3.18. The topological polar surface area (TPSA) is 48.5 Å². The van der Waals surface area contributed by atoms with Gasteiger partial charge in [-0.1, -0.05) is 24.3 Å². The minimum absolute atomic E-state index is 0.108. The molecule has 0 unspecified atom stereocenters. The highest BCUT2D eigenvalue weighted by molar-refractivity contribution is 7.14. The van der Waals surface area contributed by atoms with Crippen LogP contribution < -0.4 is 15.1 Å². The Balaban J connectivity index is 1.33. The van der Waals surface area contributed by atoms with Crippen LogP contribution in [0.25, 0.3) is 0 Å². The van der Waals surface area contributed by atoms with E-state index in [1.54, 1.807) is 22.7 Å². The molecule has 1 fully saturated rings. The minimum atomic E-state index is -0.108. The number of thiophene rings is 1. The van der Waals surface area contributed by atoms with E-state index >= 15 is 0 Å². The average molecular weight is 385 g/mol. The van der Waals surface area contributed by atoms with Crippen LogP contribution in [0.15, 0.2) is 53.2 Å². The van der Waals surface area contributed by atoms with Gasteiger partial charge < -0.3 is 15.1 Å². The molecule has 3 aromatic rings. The Hall–Kier alpha value is -2.38. The molecule has 0 aliphatic carbocycles. The van der Waals surface area contributed by atoms with Crippen LogP contribution in [0.5, 0.6) is 0 Å². The quantitative estimate of drug-likeness (QED) is 0.732. The van der Waals surface area contributed by atoms with Gasteiger partial charge in [0.25, 0.3) is 5.91 Å². The van der Waals surface area contributed by atoms with Crippen molar-refractivity contribution in [2.45, 2.75) is 6.54 Å². The van der Waals surface area contributed by atoms with Gasteiger partial charge in [0, 0.05) is 42.1 Å². The largest absolute Gasteiger partial charge is 0.368 e. The van der Waals surface area contributed by atoms with Crippen LogP contribution in [0.3, 0.4) is 0 Å². The van der Waals surface area contributed by atoms with Gasteiger partial charge in [-0.05, 0) is 23.6 Å². The van der Waals surface area contributed by atoms with Crippen LogP contribution in [0.1, 0.15) is 15.4 Å². The first kappa shape index (κ1) is 17.1. The van der Waals surface area contributed by atoms with Crippen molar-refractivity contribution < 1.29 is 4.79 Å². The Morgan fingerprint density at radius 1 is 1.00 bits per heavy atom. The van der Waals surface area contributed by atoms with E-state index in [2.05, 4.69) is 44.4 Å². The lowest BCUT2D eigenvalue weighted by molar-refractivity contribution is 0.0947. The van der Waals surface area contributed by atoms with Gasteiger partial charge in [0.1, 0.15) is 5.69 Å². The normalized spacial score (nSPS) is 14.5. The molecule has 1 aliphatic rings. The number of para-hydroxylation sites is 1. The summed E-state index contributed by atoms with van der Waals surface area (Å²) in [5.41, 5.74) is 1.77. The first-order valence-electron chi connectivity index (χ1n) is 8.60. The smallest absolute Gasteiger partial charge is 0.271 e. The van der Waals surface area contributed by atoms with E-state index in [9.17, 15) is 4.79 Å². The molecule has 3 heterocycles. The van der Waals surface area contributed by atoms with E-state index in [0.29, 0.717) is 12.2 Å². The maximum atomic E-state index is 12.3. The van der Waals surface area contributed by atoms with Crippen LogP contribution in [-0.4, -0.2) is 37.1 Å². The summed E-state index contributed by atoms with van der Waals surface area (Å²) in [5.74, 6) is -0.108. The third-order valence-electron chi connectivity index (χ3n) is 4.40.